The summed E-state index contributed by atoms with van der Waals surface area (Å²) >= 11 is 1.44. The van der Waals surface area contributed by atoms with Gasteiger partial charge in [0.15, 0.2) is 16.7 Å². The Hall–Kier alpha value is -3.00. The molecule has 0 atom stereocenters. The normalized spacial score (nSPS) is 10.3. The lowest BCUT2D eigenvalue weighted by Crippen LogP contribution is -1.98. The Morgan fingerprint density at radius 2 is 2.00 bits per heavy atom. The molecule has 0 aliphatic heterocycles. The molecule has 3 rings (SSSR count). The second-order valence-electron chi connectivity index (χ2n) is 4.60. The van der Waals surface area contributed by atoms with E-state index in [9.17, 15) is 10.1 Å². The first-order chi connectivity index (χ1) is 11.1. The van der Waals surface area contributed by atoms with Crippen LogP contribution in [0, 0.1) is 17.0 Å². The third kappa shape index (κ3) is 3.43. The minimum atomic E-state index is -0.483. The maximum Gasteiger partial charge on any atom is 0.311 e. The van der Waals surface area contributed by atoms with Crippen molar-refractivity contribution >= 4 is 28.0 Å². The number of hydrogen-bond donors (Lipinski definition) is 1. The van der Waals surface area contributed by atoms with Crippen molar-refractivity contribution in [2.24, 2.45) is 0 Å². The molecular formula is C15H12N4O3S. The lowest BCUT2D eigenvalue weighted by molar-refractivity contribution is -0.385. The second kappa shape index (κ2) is 6.41. The zero-order valence-corrected chi connectivity index (χ0v) is 12.9. The Bertz CT molecular complexity index is 850. The molecule has 0 saturated heterocycles. The molecule has 0 aliphatic rings. The van der Waals surface area contributed by atoms with E-state index in [1.165, 1.54) is 17.4 Å². The number of para-hydroxylation sites is 2. The van der Waals surface area contributed by atoms with Crippen LogP contribution in [0.25, 0.3) is 0 Å². The SMILES string of the molecule is Cc1csc(Nc2ncccc2Oc2ccccc2[N+](=O)[O-])n1. The third-order valence-electron chi connectivity index (χ3n) is 2.90. The van der Waals surface area contributed by atoms with Gasteiger partial charge in [-0.25, -0.2) is 9.97 Å². The Balaban J connectivity index is 1.91. The van der Waals surface area contributed by atoms with Crippen molar-refractivity contribution in [3.8, 4) is 11.5 Å². The van der Waals surface area contributed by atoms with Gasteiger partial charge in [-0.05, 0) is 25.1 Å². The first-order valence-electron chi connectivity index (χ1n) is 6.69. The molecule has 0 spiro atoms. The maximum absolute atomic E-state index is 11.1. The predicted octanol–water partition coefficient (Wildman–Crippen LogP) is 4.29. The molecule has 0 aliphatic carbocycles. The smallest absolute Gasteiger partial charge is 0.311 e. The standard InChI is InChI=1S/C15H12N4O3S/c1-10-9-23-15(17-10)18-14-13(7-4-8-16-14)22-12-6-3-2-5-11(12)19(20)21/h2-9H,1H3,(H,16,17,18). The van der Waals surface area contributed by atoms with E-state index in [2.05, 4.69) is 15.3 Å². The van der Waals surface area contributed by atoms with Crippen molar-refractivity contribution in [2.75, 3.05) is 5.32 Å². The lowest BCUT2D eigenvalue weighted by atomic mass is 10.3. The van der Waals surface area contributed by atoms with Gasteiger partial charge in [-0.3, -0.25) is 10.1 Å². The molecule has 3 aromatic rings. The van der Waals surface area contributed by atoms with Gasteiger partial charge >= 0.3 is 5.69 Å². The van der Waals surface area contributed by atoms with Crippen molar-refractivity contribution < 1.29 is 9.66 Å². The Morgan fingerprint density at radius 3 is 2.74 bits per heavy atom. The first-order valence-corrected chi connectivity index (χ1v) is 7.57. The maximum atomic E-state index is 11.1. The van der Waals surface area contributed by atoms with Gasteiger partial charge in [0.1, 0.15) is 0 Å². The number of aromatic nitrogens is 2. The summed E-state index contributed by atoms with van der Waals surface area (Å²) in [7, 11) is 0. The number of nitrogens with one attached hydrogen (secondary N) is 1. The van der Waals surface area contributed by atoms with Gasteiger partial charge in [0.25, 0.3) is 0 Å². The van der Waals surface area contributed by atoms with Crippen molar-refractivity contribution in [2.45, 2.75) is 6.92 Å². The van der Waals surface area contributed by atoms with Crippen molar-refractivity contribution in [1.82, 2.24) is 9.97 Å². The van der Waals surface area contributed by atoms with Crippen LogP contribution in [0.1, 0.15) is 5.69 Å². The highest BCUT2D eigenvalue weighted by atomic mass is 32.1. The number of nitro groups is 1. The number of benzene rings is 1. The van der Waals surface area contributed by atoms with E-state index >= 15 is 0 Å². The highest BCUT2D eigenvalue weighted by Crippen LogP contribution is 2.35. The summed E-state index contributed by atoms with van der Waals surface area (Å²) in [6.07, 6.45) is 1.61. The average molecular weight is 328 g/mol. The zero-order chi connectivity index (χ0) is 16.2. The van der Waals surface area contributed by atoms with E-state index in [1.807, 2.05) is 12.3 Å². The van der Waals surface area contributed by atoms with Gasteiger partial charge in [0.05, 0.1) is 10.6 Å². The molecule has 0 radical (unpaired) electrons. The third-order valence-corrected chi connectivity index (χ3v) is 3.77. The average Bonchev–Trinajstić information content (AvgIpc) is 2.95. The number of anilines is 2. The Labute approximate surface area is 135 Å². The van der Waals surface area contributed by atoms with Gasteiger partial charge in [-0.1, -0.05) is 12.1 Å². The van der Waals surface area contributed by atoms with Gasteiger partial charge in [0.2, 0.25) is 5.75 Å². The first kappa shape index (κ1) is 14.9. The summed E-state index contributed by atoms with van der Waals surface area (Å²) in [4.78, 5) is 19.1. The van der Waals surface area contributed by atoms with Gasteiger partial charge in [-0.2, -0.15) is 0 Å². The fourth-order valence-electron chi connectivity index (χ4n) is 1.89. The number of aryl methyl sites for hydroxylation is 1. The Morgan fingerprint density at radius 1 is 1.22 bits per heavy atom. The molecule has 0 unspecified atom stereocenters. The topological polar surface area (TPSA) is 90.2 Å². The van der Waals surface area contributed by atoms with Gasteiger partial charge in [-0.15, -0.1) is 11.3 Å². The van der Waals surface area contributed by atoms with Crippen LogP contribution in [0.3, 0.4) is 0 Å². The molecule has 1 aromatic carbocycles. The molecule has 0 saturated carbocycles. The number of hydrogen-bond acceptors (Lipinski definition) is 7. The zero-order valence-electron chi connectivity index (χ0n) is 12.1. The summed E-state index contributed by atoms with van der Waals surface area (Å²) in [5.74, 6) is 0.985. The molecule has 2 heterocycles. The monoisotopic (exact) mass is 328 g/mol. The van der Waals surface area contributed by atoms with Gasteiger partial charge in [0, 0.05) is 17.6 Å². The minimum Gasteiger partial charge on any atom is -0.446 e. The summed E-state index contributed by atoms with van der Waals surface area (Å²) in [5.41, 5.74) is 0.794. The number of thiazole rings is 1. The van der Waals surface area contributed by atoms with E-state index in [1.54, 1.807) is 36.5 Å². The molecule has 0 fully saturated rings. The van der Waals surface area contributed by atoms with Crippen LogP contribution in [0.5, 0.6) is 11.5 Å². The molecule has 7 nitrogen and oxygen atoms in total. The van der Waals surface area contributed by atoms with E-state index in [4.69, 9.17) is 4.74 Å². The van der Waals surface area contributed by atoms with Crippen LogP contribution in [0.2, 0.25) is 0 Å². The molecule has 8 heteroatoms. The number of nitro benzene ring substituents is 1. The largest absolute Gasteiger partial charge is 0.446 e. The van der Waals surface area contributed by atoms with Crippen LogP contribution in [0.15, 0.2) is 48.0 Å². The Kier molecular flexibility index (Phi) is 4.15. The van der Waals surface area contributed by atoms with Crippen LogP contribution < -0.4 is 10.1 Å². The lowest BCUT2D eigenvalue weighted by Gasteiger charge is -2.10. The quantitative estimate of drug-likeness (QED) is 0.555. The van der Waals surface area contributed by atoms with Crippen LogP contribution in [-0.4, -0.2) is 14.9 Å². The molecular weight excluding hydrogens is 316 g/mol. The molecule has 0 amide bonds. The number of ether oxygens (including phenoxy) is 1. The fourth-order valence-corrected chi connectivity index (χ4v) is 2.58. The summed E-state index contributed by atoms with van der Waals surface area (Å²) < 4.78 is 5.69. The summed E-state index contributed by atoms with van der Waals surface area (Å²) in [5, 5.41) is 16.7. The predicted molar refractivity (Wildman–Crippen MR) is 87.5 cm³/mol. The van der Waals surface area contributed by atoms with Crippen LogP contribution in [0.4, 0.5) is 16.6 Å². The molecule has 0 bridgehead atoms. The highest BCUT2D eigenvalue weighted by Gasteiger charge is 2.16. The molecule has 1 N–H and O–H groups in total. The van der Waals surface area contributed by atoms with E-state index < -0.39 is 4.92 Å². The van der Waals surface area contributed by atoms with Crippen molar-refractivity contribution in [3.05, 3.63) is 63.8 Å². The van der Waals surface area contributed by atoms with E-state index in [-0.39, 0.29) is 11.4 Å². The summed E-state index contributed by atoms with van der Waals surface area (Å²) in [6.45, 7) is 1.89. The van der Waals surface area contributed by atoms with E-state index in [0.717, 1.165) is 5.69 Å². The molecule has 23 heavy (non-hydrogen) atoms. The number of nitrogens with zero attached hydrogens (tertiary/aromatic N) is 3. The van der Waals surface area contributed by atoms with Crippen LogP contribution in [-0.2, 0) is 0 Å². The minimum absolute atomic E-state index is 0.104. The molecule has 2 aromatic heterocycles. The second-order valence-corrected chi connectivity index (χ2v) is 5.45. The van der Waals surface area contributed by atoms with E-state index in [0.29, 0.717) is 16.7 Å². The summed E-state index contributed by atoms with van der Waals surface area (Å²) in [6, 6.07) is 9.59. The van der Waals surface area contributed by atoms with Crippen molar-refractivity contribution in [3.63, 3.8) is 0 Å². The van der Waals surface area contributed by atoms with Crippen LogP contribution >= 0.6 is 11.3 Å². The molecule has 116 valence electrons. The number of pyridine rings is 1. The highest BCUT2D eigenvalue weighted by molar-refractivity contribution is 7.13. The van der Waals surface area contributed by atoms with Gasteiger partial charge < -0.3 is 10.1 Å². The number of rotatable bonds is 5. The van der Waals surface area contributed by atoms with Crippen molar-refractivity contribution in [1.29, 1.82) is 0 Å². The fraction of sp³-hybridized carbons (Fsp3) is 0.0667.